The number of morpholine rings is 1. The molecule has 1 aromatic rings. The molecule has 1 atom stereocenters. The van der Waals surface area contributed by atoms with E-state index in [4.69, 9.17) is 4.74 Å². The number of rotatable bonds is 7. The zero-order valence-electron chi connectivity index (χ0n) is 15.7. The van der Waals surface area contributed by atoms with Gasteiger partial charge in [-0.25, -0.2) is 9.98 Å². The second kappa shape index (κ2) is 12.0. The summed E-state index contributed by atoms with van der Waals surface area (Å²) in [5.74, 6) is 1.54. The first-order chi connectivity index (χ1) is 11.6. The molecular formula is C17H32IN5OS. The molecule has 0 amide bonds. The summed E-state index contributed by atoms with van der Waals surface area (Å²) in [5, 5.41) is 6.72. The van der Waals surface area contributed by atoms with Gasteiger partial charge in [-0.05, 0) is 19.8 Å². The maximum Gasteiger partial charge on any atom is 0.191 e. The molecule has 144 valence electrons. The van der Waals surface area contributed by atoms with Gasteiger partial charge in [0.05, 0.1) is 30.5 Å². The van der Waals surface area contributed by atoms with Crippen LogP contribution < -0.4 is 10.6 Å². The Morgan fingerprint density at radius 2 is 2.28 bits per heavy atom. The van der Waals surface area contributed by atoms with E-state index in [1.165, 1.54) is 4.88 Å². The molecule has 0 bridgehead atoms. The average Bonchev–Trinajstić information content (AvgIpc) is 2.95. The SMILES string of the molecule is CCNC(=NCc1scnc1C)NCC1CN(CC(C)C)CCO1.I. The standard InChI is InChI=1S/C17H31N5OS.HI/c1-5-18-17(20-9-16-14(4)21-12-24-16)19-8-15-11-22(6-7-23-15)10-13(2)3;/h12-13,15H,5-11H2,1-4H3,(H2,18,19,20);1H. The first-order valence-electron chi connectivity index (χ1n) is 8.83. The Morgan fingerprint density at radius 1 is 1.48 bits per heavy atom. The van der Waals surface area contributed by atoms with Crippen molar-refractivity contribution in [2.45, 2.75) is 40.3 Å². The first-order valence-corrected chi connectivity index (χ1v) is 9.71. The average molecular weight is 481 g/mol. The summed E-state index contributed by atoms with van der Waals surface area (Å²) in [7, 11) is 0. The zero-order valence-corrected chi connectivity index (χ0v) is 18.9. The van der Waals surface area contributed by atoms with Crippen molar-refractivity contribution >= 4 is 41.3 Å². The van der Waals surface area contributed by atoms with Crippen molar-refractivity contribution in [3.8, 4) is 0 Å². The second-order valence-corrected chi connectivity index (χ2v) is 7.52. The van der Waals surface area contributed by atoms with Gasteiger partial charge in [-0.2, -0.15) is 0 Å². The van der Waals surface area contributed by atoms with E-state index in [0.717, 1.165) is 51.0 Å². The fourth-order valence-electron chi connectivity index (χ4n) is 2.77. The van der Waals surface area contributed by atoms with E-state index in [0.29, 0.717) is 12.5 Å². The van der Waals surface area contributed by atoms with Crippen LogP contribution in [0.4, 0.5) is 0 Å². The highest BCUT2D eigenvalue weighted by molar-refractivity contribution is 14.0. The molecule has 0 saturated carbocycles. The minimum absolute atomic E-state index is 0. The normalized spacial score (nSPS) is 18.9. The van der Waals surface area contributed by atoms with Crippen molar-refractivity contribution in [1.29, 1.82) is 0 Å². The van der Waals surface area contributed by atoms with Crippen LogP contribution in [-0.4, -0.2) is 61.3 Å². The van der Waals surface area contributed by atoms with Crippen LogP contribution in [0.1, 0.15) is 31.3 Å². The zero-order chi connectivity index (χ0) is 17.4. The number of guanidine groups is 1. The molecule has 1 saturated heterocycles. The summed E-state index contributed by atoms with van der Waals surface area (Å²) < 4.78 is 5.89. The molecule has 1 fully saturated rings. The summed E-state index contributed by atoms with van der Waals surface area (Å²) in [5.41, 5.74) is 2.94. The largest absolute Gasteiger partial charge is 0.374 e. The van der Waals surface area contributed by atoms with Crippen LogP contribution in [0, 0.1) is 12.8 Å². The third kappa shape index (κ3) is 8.19. The van der Waals surface area contributed by atoms with Crippen molar-refractivity contribution in [2.24, 2.45) is 10.9 Å². The van der Waals surface area contributed by atoms with E-state index in [-0.39, 0.29) is 30.1 Å². The van der Waals surface area contributed by atoms with Crippen LogP contribution in [0.15, 0.2) is 10.5 Å². The number of hydrogen-bond acceptors (Lipinski definition) is 5. The number of thiazole rings is 1. The predicted molar refractivity (Wildman–Crippen MR) is 116 cm³/mol. The van der Waals surface area contributed by atoms with Gasteiger partial charge in [0.2, 0.25) is 0 Å². The summed E-state index contributed by atoms with van der Waals surface area (Å²) in [6.45, 7) is 14.9. The Morgan fingerprint density at radius 3 is 2.92 bits per heavy atom. The predicted octanol–water partition coefficient (Wildman–Crippen LogP) is 2.48. The van der Waals surface area contributed by atoms with Gasteiger partial charge in [-0.3, -0.25) is 4.90 Å². The summed E-state index contributed by atoms with van der Waals surface area (Å²) in [6.07, 6.45) is 0.214. The molecule has 0 aromatic carbocycles. The van der Waals surface area contributed by atoms with Crippen LogP contribution >= 0.6 is 35.3 Å². The lowest BCUT2D eigenvalue weighted by atomic mass is 10.2. The minimum Gasteiger partial charge on any atom is -0.374 e. The Hall–Kier alpha value is -0.450. The minimum atomic E-state index is 0. The number of halogens is 1. The number of aliphatic imine (C=N–C) groups is 1. The van der Waals surface area contributed by atoms with E-state index in [1.807, 2.05) is 12.4 Å². The number of aromatic nitrogens is 1. The summed E-state index contributed by atoms with van der Waals surface area (Å²) >= 11 is 1.66. The molecule has 25 heavy (non-hydrogen) atoms. The van der Waals surface area contributed by atoms with Crippen molar-refractivity contribution in [3.63, 3.8) is 0 Å². The summed E-state index contributed by atoms with van der Waals surface area (Å²) in [4.78, 5) is 12.6. The molecule has 0 radical (unpaired) electrons. The topological polar surface area (TPSA) is 61.8 Å². The van der Waals surface area contributed by atoms with Gasteiger partial charge in [0.1, 0.15) is 0 Å². The van der Waals surface area contributed by atoms with Crippen LogP contribution in [0.2, 0.25) is 0 Å². The Labute approximate surface area is 172 Å². The number of hydrogen-bond donors (Lipinski definition) is 2. The van der Waals surface area contributed by atoms with Crippen molar-refractivity contribution < 1.29 is 4.74 Å². The molecule has 1 aromatic heterocycles. The van der Waals surface area contributed by atoms with E-state index in [1.54, 1.807) is 11.3 Å². The lowest BCUT2D eigenvalue weighted by molar-refractivity contribution is -0.0284. The summed E-state index contributed by atoms with van der Waals surface area (Å²) in [6, 6.07) is 0. The molecule has 2 N–H and O–H groups in total. The molecule has 1 aliphatic rings. The molecule has 2 rings (SSSR count). The second-order valence-electron chi connectivity index (χ2n) is 6.58. The number of aryl methyl sites for hydroxylation is 1. The monoisotopic (exact) mass is 481 g/mol. The molecule has 8 heteroatoms. The van der Waals surface area contributed by atoms with E-state index in [2.05, 4.69) is 46.3 Å². The van der Waals surface area contributed by atoms with Gasteiger partial charge in [0, 0.05) is 37.6 Å². The molecule has 0 aliphatic carbocycles. The Kier molecular flexibility index (Phi) is 10.9. The van der Waals surface area contributed by atoms with E-state index < -0.39 is 0 Å². The van der Waals surface area contributed by atoms with Gasteiger partial charge in [0.25, 0.3) is 0 Å². The number of ether oxygens (including phenoxy) is 1. The van der Waals surface area contributed by atoms with Crippen molar-refractivity contribution in [1.82, 2.24) is 20.5 Å². The van der Waals surface area contributed by atoms with Gasteiger partial charge in [-0.15, -0.1) is 35.3 Å². The molecular weight excluding hydrogens is 449 g/mol. The van der Waals surface area contributed by atoms with Crippen LogP contribution in [-0.2, 0) is 11.3 Å². The number of nitrogens with one attached hydrogen (secondary N) is 2. The third-order valence-corrected chi connectivity index (χ3v) is 4.83. The third-order valence-electron chi connectivity index (χ3n) is 3.91. The fraction of sp³-hybridized carbons (Fsp3) is 0.765. The molecule has 2 heterocycles. The van der Waals surface area contributed by atoms with Gasteiger partial charge >= 0.3 is 0 Å². The smallest absolute Gasteiger partial charge is 0.191 e. The highest BCUT2D eigenvalue weighted by Crippen LogP contribution is 2.13. The maximum absolute atomic E-state index is 5.89. The van der Waals surface area contributed by atoms with Crippen molar-refractivity contribution in [3.05, 3.63) is 16.1 Å². The number of nitrogens with zero attached hydrogens (tertiary/aromatic N) is 3. The van der Waals surface area contributed by atoms with Gasteiger partial charge in [-0.1, -0.05) is 13.8 Å². The Bertz CT molecular complexity index is 523. The van der Waals surface area contributed by atoms with Gasteiger partial charge in [0.15, 0.2) is 5.96 Å². The first kappa shape index (κ1) is 22.6. The molecule has 0 spiro atoms. The highest BCUT2D eigenvalue weighted by atomic mass is 127. The van der Waals surface area contributed by atoms with Crippen molar-refractivity contribution in [2.75, 3.05) is 39.3 Å². The molecule has 1 aliphatic heterocycles. The maximum atomic E-state index is 5.89. The molecule has 6 nitrogen and oxygen atoms in total. The van der Waals surface area contributed by atoms with Crippen LogP contribution in [0.3, 0.4) is 0 Å². The van der Waals surface area contributed by atoms with E-state index in [9.17, 15) is 0 Å². The molecule has 1 unspecified atom stereocenters. The quantitative estimate of drug-likeness (QED) is 0.356. The van der Waals surface area contributed by atoms with Crippen LogP contribution in [0.25, 0.3) is 0 Å². The van der Waals surface area contributed by atoms with E-state index >= 15 is 0 Å². The lowest BCUT2D eigenvalue weighted by Crippen LogP contribution is -2.50. The lowest BCUT2D eigenvalue weighted by Gasteiger charge is -2.34. The van der Waals surface area contributed by atoms with Gasteiger partial charge < -0.3 is 15.4 Å². The Balaban J connectivity index is 0.00000312. The van der Waals surface area contributed by atoms with Crippen LogP contribution in [0.5, 0.6) is 0 Å². The highest BCUT2D eigenvalue weighted by Gasteiger charge is 2.21. The fourth-order valence-corrected chi connectivity index (χ4v) is 3.47.